The highest BCUT2D eigenvalue weighted by Gasteiger charge is 2.27. The maximum absolute atomic E-state index is 12.2. The first-order valence-corrected chi connectivity index (χ1v) is 7.56. The number of benzene rings is 2. The van der Waals surface area contributed by atoms with E-state index in [-0.39, 0.29) is 0 Å². The third-order valence-electron chi connectivity index (χ3n) is 3.53. The minimum atomic E-state index is -1.53. The zero-order chi connectivity index (χ0) is 21.2. The first kappa shape index (κ1) is 20.2. The first-order valence-electron chi connectivity index (χ1n) is 7.56. The van der Waals surface area contributed by atoms with Crippen LogP contribution in [0.1, 0.15) is 55.3 Å². The molecule has 0 aliphatic carbocycles. The van der Waals surface area contributed by atoms with Gasteiger partial charge in [0.15, 0.2) is 0 Å². The molecule has 0 saturated carbocycles. The number of hydrogen-bond donors (Lipinski definition) is 2. The maximum atomic E-state index is 12.2. The van der Waals surface area contributed by atoms with Crippen molar-refractivity contribution in [1.82, 2.24) is 0 Å². The Hall–Kier alpha value is -4.08. The Labute approximate surface area is 156 Å². The Morgan fingerprint density at radius 3 is 1.14 bits per heavy atom. The fraction of sp³-hybridized carbons (Fsp3) is 0.111. The van der Waals surface area contributed by atoms with Crippen molar-refractivity contribution < 1.29 is 48.5 Å². The van der Waals surface area contributed by atoms with Crippen LogP contribution >= 0.6 is 0 Å². The standard InChI is InChI=1S/C18H12O10/c1-7(19)27-17(25)11-5-3-10(16(23)24)14-12(18(26)28-8(2)20)6-4-9(13(11)14)15(21)22/h3-6H,1-2H3,(H,21,22)(H,23,24). The number of carboxylic acid groups (broad SMARTS) is 2. The largest absolute Gasteiger partial charge is 0.478 e. The topological polar surface area (TPSA) is 161 Å². The molecule has 0 heterocycles. The van der Waals surface area contributed by atoms with Crippen LogP contribution in [0.2, 0.25) is 0 Å². The number of rotatable bonds is 4. The van der Waals surface area contributed by atoms with E-state index in [9.17, 15) is 39.0 Å². The molecule has 0 spiro atoms. The van der Waals surface area contributed by atoms with Gasteiger partial charge in [-0.3, -0.25) is 9.59 Å². The molecule has 0 unspecified atom stereocenters. The van der Waals surface area contributed by atoms with Crippen LogP contribution in [0.25, 0.3) is 10.8 Å². The Kier molecular flexibility index (Phi) is 5.53. The van der Waals surface area contributed by atoms with E-state index in [1.165, 1.54) is 0 Å². The number of hydrogen-bond acceptors (Lipinski definition) is 8. The molecule has 0 bridgehead atoms. The van der Waals surface area contributed by atoms with E-state index in [1.807, 2.05) is 0 Å². The van der Waals surface area contributed by atoms with Crippen LogP contribution in [0.3, 0.4) is 0 Å². The lowest BCUT2D eigenvalue weighted by atomic mass is 9.91. The van der Waals surface area contributed by atoms with Gasteiger partial charge in [-0.25, -0.2) is 19.2 Å². The van der Waals surface area contributed by atoms with Crippen LogP contribution in [-0.2, 0) is 19.1 Å². The highest BCUT2D eigenvalue weighted by atomic mass is 16.6. The van der Waals surface area contributed by atoms with Gasteiger partial charge in [0, 0.05) is 24.6 Å². The molecule has 0 saturated heterocycles. The van der Waals surface area contributed by atoms with Gasteiger partial charge < -0.3 is 19.7 Å². The summed E-state index contributed by atoms with van der Waals surface area (Å²) in [4.78, 5) is 69.9. The SMILES string of the molecule is CC(=O)OC(=O)c1ccc(C(=O)O)c2c(C(=O)OC(C)=O)ccc(C(=O)O)c12. The second kappa shape index (κ2) is 7.66. The zero-order valence-corrected chi connectivity index (χ0v) is 14.5. The van der Waals surface area contributed by atoms with Crippen molar-refractivity contribution in [3.63, 3.8) is 0 Å². The average Bonchev–Trinajstić information content (AvgIpc) is 2.57. The molecule has 28 heavy (non-hydrogen) atoms. The number of ether oxygens (including phenoxy) is 2. The molecule has 0 aliphatic heterocycles. The van der Waals surface area contributed by atoms with Crippen molar-refractivity contribution in [2.75, 3.05) is 0 Å². The monoisotopic (exact) mass is 388 g/mol. The molecular formula is C18H12O10. The van der Waals surface area contributed by atoms with Crippen LogP contribution in [0.5, 0.6) is 0 Å². The van der Waals surface area contributed by atoms with Gasteiger partial charge in [0.05, 0.1) is 22.3 Å². The Balaban J connectivity index is 3.00. The minimum Gasteiger partial charge on any atom is -0.478 e. The summed E-state index contributed by atoms with van der Waals surface area (Å²) in [6.45, 7) is 1.89. The summed E-state index contributed by atoms with van der Waals surface area (Å²) in [6, 6.07) is 3.81. The maximum Gasteiger partial charge on any atom is 0.346 e. The molecule has 2 rings (SSSR count). The first-order chi connectivity index (χ1) is 13.0. The second-order valence-electron chi connectivity index (χ2n) is 5.44. The van der Waals surface area contributed by atoms with Crippen LogP contribution < -0.4 is 0 Å². The highest BCUT2D eigenvalue weighted by Crippen LogP contribution is 2.31. The van der Waals surface area contributed by atoms with Gasteiger partial charge in [0.2, 0.25) is 0 Å². The summed E-state index contributed by atoms with van der Waals surface area (Å²) in [5.74, 6) is -7.51. The normalized spacial score (nSPS) is 10.2. The molecule has 0 amide bonds. The van der Waals surface area contributed by atoms with Gasteiger partial charge in [-0.05, 0) is 24.3 Å². The Bertz CT molecular complexity index is 978. The van der Waals surface area contributed by atoms with Gasteiger partial charge in [-0.2, -0.15) is 0 Å². The van der Waals surface area contributed by atoms with Crippen molar-refractivity contribution in [1.29, 1.82) is 0 Å². The van der Waals surface area contributed by atoms with Crippen LogP contribution in [0.4, 0.5) is 0 Å². The van der Waals surface area contributed by atoms with Crippen molar-refractivity contribution in [2.24, 2.45) is 0 Å². The van der Waals surface area contributed by atoms with E-state index in [0.717, 1.165) is 38.1 Å². The molecule has 0 atom stereocenters. The number of carbonyl (C=O) groups is 6. The molecule has 0 radical (unpaired) electrons. The summed E-state index contributed by atoms with van der Waals surface area (Å²) >= 11 is 0. The number of carboxylic acids is 2. The summed E-state index contributed by atoms with van der Waals surface area (Å²) in [5, 5.41) is 18.0. The molecule has 0 aliphatic rings. The molecule has 0 aromatic heterocycles. The molecule has 144 valence electrons. The zero-order valence-electron chi connectivity index (χ0n) is 14.5. The van der Waals surface area contributed by atoms with Gasteiger partial charge >= 0.3 is 35.8 Å². The Morgan fingerprint density at radius 1 is 0.607 bits per heavy atom. The van der Waals surface area contributed by atoms with E-state index in [4.69, 9.17) is 0 Å². The quantitative estimate of drug-likeness (QED) is 0.581. The van der Waals surface area contributed by atoms with E-state index in [0.29, 0.717) is 0 Å². The molecule has 10 nitrogen and oxygen atoms in total. The smallest absolute Gasteiger partial charge is 0.346 e. The van der Waals surface area contributed by atoms with Crippen LogP contribution in [0.15, 0.2) is 24.3 Å². The molecule has 10 heteroatoms. The van der Waals surface area contributed by atoms with Crippen LogP contribution in [0, 0.1) is 0 Å². The lowest BCUT2D eigenvalue weighted by molar-refractivity contribution is -0.136. The van der Waals surface area contributed by atoms with Gasteiger partial charge in [0.25, 0.3) is 0 Å². The van der Waals surface area contributed by atoms with E-state index < -0.39 is 68.8 Å². The van der Waals surface area contributed by atoms with Crippen molar-refractivity contribution in [2.45, 2.75) is 13.8 Å². The van der Waals surface area contributed by atoms with Crippen molar-refractivity contribution in [3.8, 4) is 0 Å². The summed E-state index contributed by atoms with van der Waals surface area (Å²) < 4.78 is 8.91. The number of fused-ring (bicyclic) bond motifs is 1. The van der Waals surface area contributed by atoms with E-state index in [2.05, 4.69) is 9.47 Å². The predicted octanol–water partition coefficient (Wildman–Crippen LogP) is 1.64. The number of carbonyl (C=O) groups excluding carboxylic acids is 4. The lowest BCUT2D eigenvalue weighted by Gasteiger charge is -2.14. The minimum absolute atomic E-state index is 0.448. The van der Waals surface area contributed by atoms with E-state index >= 15 is 0 Å². The molecule has 2 N–H and O–H groups in total. The van der Waals surface area contributed by atoms with Crippen molar-refractivity contribution >= 4 is 46.6 Å². The fourth-order valence-electron chi connectivity index (χ4n) is 2.56. The molecular weight excluding hydrogens is 376 g/mol. The fourth-order valence-corrected chi connectivity index (χ4v) is 2.56. The number of esters is 4. The third-order valence-corrected chi connectivity index (χ3v) is 3.53. The average molecular weight is 388 g/mol. The Morgan fingerprint density at radius 2 is 0.893 bits per heavy atom. The summed E-state index contributed by atoms with van der Waals surface area (Å²) in [5.41, 5.74) is -1.95. The highest BCUT2D eigenvalue weighted by molar-refractivity contribution is 6.23. The van der Waals surface area contributed by atoms with Crippen LogP contribution in [-0.4, -0.2) is 46.0 Å². The van der Waals surface area contributed by atoms with Crippen molar-refractivity contribution in [3.05, 3.63) is 46.5 Å². The van der Waals surface area contributed by atoms with Gasteiger partial charge in [-0.1, -0.05) is 0 Å². The number of aromatic carboxylic acids is 2. The molecule has 2 aromatic carbocycles. The molecule has 2 aromatic rings. The second-order valence-corrected chi connectivity index (χ2v) is 5.44. The van der Waals surface area contributed by atoms with Gasteiger partial charge in [0.1, 0.15) is 0 Å². The van der Waals surface area contributed by atoms with Gasteiger partial charge in [-0.15, -0.1) is 0 Å². The predicted molar refractivity (Wildman–Crippen MR) is 90.1 cm³/mol. The summed E-state index contributed by atoms with van der Waals surface area (Å²) in [6.07, 6.45) is 0. The summed E-state index contributed by atoms with van der Waals surface area (Å²) in [7, 11) is 0. The third kappa shape index (κ3) is 3.85. The van der Waals surface area contributed by atoms with E-state index in [1.54, 1.807) is 0 Å². The molecule has 0 fully saturated rings. The lowest BCUT2D eigenvalue weighted by Crippen LogP contribution is -2.16.